The highest BCUT2D eigenvalue weighted by molar-refractivity contribution is 7.89. The van der Waals surface area contributed by atoms with Crippen molar-refractivity contribution < 1.29 is 13.2 Å². The van der Waals surface area contributed by atoms with Gasteiger partial charge < -0.3 is 4.74 Å². The Balaban J connectivity index is 1.79. The average molecular weight is 302 g/mol. The zero-order valence-corrected chi connectivity index (χ0v) is 12.0. The third kappa shape index (κ3) is 4.91. The van der Waals surface area contributed by atoms with Crippen LogP contribution in [0.2, 0.25) is 0 Å². The van der Waals surface area contributed by atoms with Gasteiger partial charge in [0.05, 0.1) is 17.6 Å². The molecule has 5 nitrogen and oxygen atoms in total. The van der Waals surface area contributed by atoms with Crippen LogP contribution in [0.15, 0.2) is 59.8 Å². The summed E-state index contributed by atoms with van der Waals surface area (Å²) >= 11 is 0. The molecular formula is C15H14N2O3S. The fourth-order valence-corrected chi connectivity index (χ4v) is 2.42. The number of hydrogen-bond acceptors (Lipinski definition) is 4. The van der Waals surface area contributed by atoms with Crippen molar-refractivity contribution >= 4 is 10.0 Å². The Bertz CT molecular complexity index is 720. The van der Waals surface area contributed by atoms with Crippen LogP contribution in [0, 0.1) is 11.8 Å². The van der Waals surface area contributed by atoms with Crippen molar-refractivity contribution in [3.05, 3.63) is 54.9 Å². The van der Waals surface area contributed by atoms with Crippen LogP contribution in [0.5, 0.6) is 5.75 Å². The molecule has 0 atom stereocenters. The smallest absolute Gasteiger partial charge is 0.241 e. The van der Waals surface area contributed by atoms with Gasteiger partial charge in [0.2, 0.25) is 10.0 Å². The van der Waals surface area contributed by atoms with Gasteiger partial charge in [-0.2, -0.15) is 4.72 Å². The van der Waals surface area contributed by atoms with Crippen molar-refractivity contribution in [1.82, 2.24) is 9.71 Å². The maximum atomic E-state index is 11.9. The molecule has 1 aromatic carbocycles. The lowest BCUT2D eigenvalue weighted by molar-refractivity contribution is 0.368. The second-order valence-corrected chi connectivity index (χ2v) is 5.74. The van der Waals surface area contributed by atoms with Gasteiger partial charge >= 0.3 is 0 Å². The van der Waals surface area contributed by atoms with E-state index in [4.69, 9.17) is 4.74 Å². The largest absolute Gasteiger partial charge is 0.479 e. The summed E-state index contributed by atoms with van der Waals surface area (Å²) in [5, 5.41) is 0. The maximum Gasteiger partial charge on any atom is 0.241 e. The van der Waals surface area contributed by atoms with Gasteiger partial charge in [-0.15, -0.1) is 0 Å². The number of hydrogen-bond donors (Lipinski definition) is 1. The molecule has 1 N–H and O–H groups in total. The van der Waals surface area contributed by atoms with Gasteiger partial charge in [-0.25, -0.2) is 8.42 Å². The van der Waals surface area contributed by atoms with E-state index in [0.717, 1.165) is 0 Å². The molecule has 21 heavy (non-hydrogen) atoms. The summed E-state index contributed by atoms with van der Waals surface area (Å²) in [6, 6.07) is 11.7. The fraction of sp³-hybridized carbons (Fsp3) is 0.133. The first-order valence-electron chi connectivity index (χ1n) is 6.22. The summed E-state index contributed by atoms with van der Waals surface area (Å²) < 4.78 is 31.5. The molecule has 0 aliphatic carbocycles. The van der Waals surface area contributed by atoms with Crippen LogP contribution in [-0.2, 0) is 10.0 Å². The number of sulfonamides is 1. The molecule has 0 bridgehead atoms. The van der Waals surface area contributed by atoms with Crippen LogP contribution in [0.25, 0.3) is 0 Å². The van der Waals surface area contributed by atoms with Gasteiger partial charge in [0.15, 0.2) is 0 Å². The van der Waals surface area contributed by atoms with Crippen LogP contribution in [-0.4, -0.2) is 26.6 Å². The fourth-order valence-electron chi connectivity index (χ4n) is 1.48. The van der Waals surface area contributed by atoms with E-state index in [9.17, 15) is 8.42 Å². The highest BCUT2D eigenvalue weighted by Gasteiger charge is 2.10. The van der Waals surface area contributed by atoms with Crippen LogP contribution in [0.4, 0.5) is 0 Å². The number of aromatic nitrogens is 1. The molecule has 2 aromatic rings. The number of rotatable bonds is 5. The third-order valence-electron chi connectivity index (χ3n) is 2.47. The van der Waals surface area contributed by atoms with E-state index >= 15 is 0 Å². The Hall–Kier alpha value is -2.36. The molecule has 0 saturated carbocycles. The topological polar surface area (TPSA) is 68.3 Å². The monoisotopic (exact) mass is 302 g/mol. The van der Waals surface area contributed by atoms with E-state index in [-0.39, 0.29) is 18.0 Å². The maximum absolute atomic E-state index is 11.9. The zero-order valence-electron chi connectivity index (χ0n) is 11.2. The van der Waals surface area contributed by atoms with Crippen molar-refractivity contribution in [1.29, 1.82) is 0 Å². The summed E-state index contributed by atoms with van der Waals surface area (Å²) in [4.78, 5) is 4.12. The lowest BCUT2D eigenvalue weighted by atomic mass is 10.4. The Kier molecular flexibility index (Phi) is 5.32. The second-order valence-electron chi connectivity index (χ2n) is 3.97. The Morgan fingerprint density at radius 3 is 2.62 bits per heavy atom. The quantitative estimate of drug-likeness (QED) is 0.849. The van der Waals surface area contributed by atoms with Crippen LogP contribution < -0.4 is 9.46 Å². The van der Waals surface area contributed by atoms with Crippen LogP contribution >= 0.6 is 0 Å². The molecule has 0 fully saturated rings. The molecule has 0 radical (unpaired) electrons. The normalized spacial score (nSPS) is 10.5. The number of nitrogens with zero attached hydrogens (tertiary/aromatic N) is 1. The molecule has 0 aliphatic rings. The second kappa shape index (κ2) is 7.43. The van der Waals surface area contributed by atoms with Crippen molar-refractivity contribution in [3.63, 3.8) is 0 Å². The molecule has 0 spiro atoms. The number of nitrogens with one attached hydrogen (secondary N) is 1. The van der Waals surface area contributed by atoms with Gasteiger partial charge in [0.25, 0.3) is 0 Å². The Labute approximate surface area is 124 Å². The van der Waals surface area contributed by atoms with Gasteiger partial charge in [-0.1, -0.05) is 30.0 Å². The molecule has 1 heterocycles. The standard InChI is InChI=1S/C15H14N2O3S/c18-21(19,15-8-2-1-3-9-15)17-11-4-5-12-20-14-7-6-10-16-13-14/h1-3,6-10,13,17H,11-12H2. The molecule has 0 unspecified atom stereocenters. The third-order valence-corrected chi connectivity index (χ3v) is 3.89. The first kappa shape index (κ1) is 15.0. The van der Waals surface area contributed by atoms with Crippen LogP contribution in [0.3, 0.4) is 0 Å². The highest BCUT2D eigenvalue weighted by atomic mass is 32.2. The number of benzene rings is 1. The summed E-state index contributed by atoms with van der Waals surface area (Å²) in [6.07, 6.45) is 3.23. The lowest BCUT2D eigenvalue weighted by Crippen LogP contribution is -2.23. The summed E-state index contributed by atoms with van der Waals surface area (Å²) in [5.74, 6) is 6.05. The summed E-state index contributed by atoms with van der Waals surface area (Å²) in [7, 11) is -3.50. The minimum Gasteiger partial charge on any atom is -0.479 e. The highest BCUT2D eigenvalue weighted by Crippen LogP contribution is 2.06. The van der Waals surface area contributed by atoms with Gasteiger partial charge in [-0.05, 0) is 24.3 Å². The molecule has 0 aliphatic heterocycles. The number of pyridine rings is 1. The summed E-state index contributed by atoms with van der Waals surface area (Å²) in [6.45, 7) is 0.215. The molecule has 0 saturated heterocycles. The first-order valence-corrected chi connectivity index (χ1v) is 7.70. The molecule has 6 heteroatoms. The Morgan fingerprint density at radius 2 is 1.90 bits per heavy atom. The van der Waals surface area contributed by atoms with E-state index in [1.807, 2.05) is 0 Å². The molecular weight excluding hydrogens is 288 g/mol. The first-order chi connectivity index (χ1) is 10.2. The minimum absolute atomic E-state index is 0.0353. The average Bonchev–Trinajstić information content (AvgIpc) is 2.52. The van der Waals surface area contributed by atoms with E-state index in [2.05, 4.69) is 21.5 Å². The molecule has 108 valence electrons. The van der Waals surface area contributed by atoms with Crippen molar-refractivity contribution in [2.45, 2.75) is 4.90 Å². The van der Waals surface area contributed by atoms with E-state index < -0.39 is 10.0 Å². The molecule has 0 amide bonds. The number of ether oxygens (including phenoxy) is 1. The zero-order chi connectivity index (χ0) is 15.0. The minimum atomic E-state index is -3.50. The van der Waals surface area contributed by atoms with Crippen molar-refractivity contribution in [2.24, 2.45) is 0 Å². The van der Waals surface area contributed by atoms with Gasteiger partial charge in [0, 0.05) is 6.20 Å². The lowest BCUT2D eigenvalue weighted by Gasteiger charge is -2.02. The summed E-state index contributed by atoms with van der Waals surface area (Å²) in [5.41, 5.74) is 0. The van der Waals surface area contributed by atoms with Crippen LogP contribution in [0.1, 0.15) is 0 Å². The molecule has 1 aromatic heterocycles. The van der Waals surface area contributed by atoms with E-state index in [1.165, 1.54) is 12.1 Å². The van der Waals surface area contributed by atoms with Crippen molar-refractivity contribution in [3.8, 4) is 17.6 Å². The van der Waals surface area contributed by atoms with Gasteiger partial charge in [0.1, 0.15) is 12.4 Å². The Morgan fingerprint density at radius 1 is 1.10 bits per heavy atom. The predicted octanol–water partition coefficient (Wildman–Crippen LogP) is 1.44. The predicted molar refractivity (Wildman–Crippen MR) is 79.1 cm³/mol. The van der Waals surface area contributed by atoms with Crippen molar-refractivity contribution in [2.75, 3.05) is 13.2 Å². The van der Waals surface area contributed by atoms with E-state index in [1.54, 1.807) is 42.7 Å². The van der Waals surface area contributed by atoms with Gasteiger partial charge in [-0.3, -0.25) is 4.98 Å². The molecule has 2 rings (SSSR count). The SMILES string of the molecule is O=S(=O)(NCC#CCOc1cccnc1)c1ccccc1. The van der Waals surface area contributed by atoms with E-state index in [0.29, 0.717) is 5.75 Å².